The van der Waals surface area contributed by atoms with Crippen molar-refractivity contribution in [2.24, 2.45) is 0 Å². The molecule has 0 fully saturated rings. The van der Waals surface area contributed by atoms with E-state index in [2.05, 4.69) is 26.2 Å². The average Bonchev–Trinajstić information content (AvgIpc) is 2.12. The zero-order chi connectivity index (χ0) is 11.5. The number of pyridine rings is 1. The van der Waals surface area contributed by atoms with Crippen LogP contribution in [0.5, 0.6) is 0 Å². The van der Waals surface area contributed by atoms with Crippen LogP contribution in [-0.4, -0.2) is 15.2 Å². The monoisotopic (exact) mass is 272 g/mol. The van der Waals surface area contributed by atoms with Crippen molar-refractivity contribution in [2.45, 2.75) is 24.7 Å². The van der Waals surface area contributed by atoms with Gasteiger partial charge in [0.25, 0.3) is 0 Å². The molecular formula is C10H13BrN2O2. The van der Waals surface area contributed by atoms with Crippen molar-refractivity contribution < 1.29 is 4.79 Å². The zero-order valence-corrected chi connectivity index (χ0v) is 10.2. The molecule has 15 heavy (non-hydrogen) atoms. The summed E-state index contributed by atoms with van der Waals surface area (Å²) in [5.41, 5.74) is 0.615. The van der Waals surface area contributed by atoms with E-state index in [0.717, 1.165) is 5.56 Å². The number of carbonyl (C=O) groups is 1. The highest BCUT2D eigenvalue weighted by atomic mass is 79.9. The molecule has 1 aromatic rings. The first-order chi connectivity index (χ1) is 6.89. The second kappa shape index (κ2) is 4.61. The minimum absolute atomic E-state index is 0.109. The Kier molecular flexibility index (Phi) is 3.68. The van der Waals surface area contributed by atoms with Crippen LogP contribution in [-0.2, 0) is 11.3 Å². The smallest absolute Gasteiger partial charge is 0.248 e. The van der Waals surface area contributed by atoms with Crippen LogP contribution in [0.15, 0.2) is 23.1 Å². The number of aromatic amines is 1. The van der Waals surface area contributed by atoms with Gasteiger partial charge in [-0.3, -0.25) is 9.59 Å². The summed E-state index contributed by atoms with van der Waals surface area (Å²) in [6.45, 7) is 3.89. The normalized spacial score (nSPS) is 11.1. The lowest BCUT2D eigenvalue weighted by Crippen LogP contribution is -2.37. The van der Waals surface area contributed by atoms with Gasteiger partial charge >= 0.3 is 0 Å². The molecule has 0 spiro atoms. The molecule has 1 aromatic heterocycles. The Morgan fingerprint density at radius 3 is 2.80 bits per heavy atom. The van der Waals surface area contributed by atoms with Gasteiger partial charge in [0.1, 0.15) is 0 Å². The molecule has 1 heterocycles. The lowest BCUT2D eigenvalue weighted by molar-refractivity contribution is -0.122. The second-order valence-corrected chi connectivity index (χ2v) is 5.70. The van der Waals surface area contributed by atoms with E-state index in [0.29, 0.717) is 6.54 Å². The Labute approximate surface area is 96.2 Å². The van der Waals surface area contributed by atoms with Gasteiger partial charge in [-0.05, 0) is 25.5 Å². The first-order valence-corrected chi connectivity index (χ1v) is 5.34. The van der Waals surface area contributed by atoms with E-state index < -0.39 is 4.32 Å². The summed E-state index contributed by atoms with van der Waals surface area (Å²) in [5.74, 6) is -0.109. The minimum atomic E-state index is -0.589. The predicted octanol–water partition coefficient (Wildman–Crippen LogP) is 1.16. The third-order valence-corrected chi connectivity index (χ3v) is 2.19. The summed E-state index contributed by atoms with van der Waals surface area (Å²) < 4.78 is -0.589. The highest BCUT2D eigenvalue weighted by Crippen LogP contribution is 2.15. The van der Waals surface area contributed by atoms with Crippen molar-refractivity contribution in [2.75, 3.05) is 0 Å². The zero-order valence-electron chi connectivity index (χ0n) is 8.63. The van der Waals surface area contributed by atoms with Crippen LogP contribution >= 0.6 is 15.9 Å². The fourth-order valence-corrected chi connectivity index (χ4v) is 1.13. The van der Waals surface area contributed by atoms with Crippen molar-refractivity contribution >= 4 is 21.8 Å². The molecule has 0 saturated heterocycles. The number of rotatable bonds is 3. The van der Waals surface area contributed by atoms with Crippen LogP contribution < -0.4 is 10.9 Å². The number of H-pyrrole nitrogens is 1. The SMILES string of the molecule is CC(C)(Br)C(=O)NCc1cc[nH]c(=O)c1. The van der Waals surface area contributed by atoms with E-state index in [1.165, 1.54) is 6.07 Å². The van der Waals surface area contributed by atoms with Crippen molar-refractivity contribution in [3.63, 3.8) is 0 Å². The third kappa shape index (κ3) is 3.87. The van der Waals surface area contributed by atoms with Crippen LogP contribution in [0, 0.1) is 0 Å². The molecule has 0 aliphatic rings. The van der Waals surface area contributed by atoms with E-state index in [1.807, 2.05) is 0 Å². The number of hydrogen-bond acceptors (Lipinski definition) is 2. The molecule has 0 aromatic carbocycles. The fourth-order valence-electron chi connectivity index (χ4n) is 0.991. The van der Waals surface area contributed by atoms with Crippen LogP contribution in [0.1, 0.15) is 19.4 Å². The van der Waals surface area contributed by atoms with E-state index in [9.17, 15) is 9.59 Å². The maximum atomic E-state index is 11.5. The number of carbonyl (C=O) groups excluding carboxylic acids is 1. The lowest BCUT2D eigenvalue weighted by Gasteiger charge is -2.15. The van der Waals surface area contributed by atoms with Gasteiger partial charge < -0.3 is 10.3 Å². The number of hydrogen-bond donors (Lipinski definition) is 2. The van der Waals surface area contributed by atoms with E-state index >= 15 is 0 Å². The van der Waals surface area contributed by atoms with Crippen LogP contribution in [0.25, 0.3) is 0 Å². The molecular weight excluding hydrogens is 260 g/mol. The Morgan fingerprint density at radius 2 is 2.27 bits per heavy atom. The van der Waals surface area contributed by atoms with Crippen molar-refractivity contribution in [3.8, 4) is 0 Å². The lowest BCUT2D eigenvalue weighted by atomic mass is 10.2. The first kappa shape index (κ1) is 12.0. The molecule has 4 nitrogen and oxygen atoms in total. The minimum Gasteiger partial charge on any atom is -0.351 e. The molecule has 82 valence electrons. The molecule has 1 amide bonds. The largest absolute Gasteiger partial charge is 0.351 e. The van der Waals surface area contributed by atoms with E-state index in [1.54, 1.807) is 26.1 Å². The fraction of sp³-hybridized carbons (Fsp3) is 0.400. The average molecular weight is 273 g/mol. The molecule has 0 bridgehead atoms. The number of halogens is 1. The standard InChI is InChI=1S/C10H13BrN2O2/c1-10(2,11)9(15)13-6-7-3-4-12-8(14)5-7/h3-5H,6H2,1-2H3,(H,12,14)(H,13,15). The van der Waals surface area contributed by atoms with Gasteiger partial charge in [0.2, 0.25) is 11.5 Å². The summed E-state index contributed by atoms with van der Waals surface area (Å²) >= 11 is 3.25. The third-order valence-electron chi connectivity index (χ3n) is 1.83. The number of nitrogens with one attached hydrogen (secondary N) is 2. The Bertz CT molecular complexity index is 406. The molecule has 0 aliphatic carbocycles. The molecule has 5 heteroatoms. The van der Waals surface area contributed by atoms with Crippen molar-refractivity contribution in [3.05, 3.63) is 34.2 Å². The topological polar surface area (TPSA) is 62.0 Å². The summed E-state index contributed by atoms with van der Waals surface area (Å²) in [6, 6.07) is 3.21. The number of amides is 1. The number of aromatic nitrogens is 1. The molecule has 0 radical (unpaired) electrons. The summed E-state index contributed by atoms with van der Waals surface area (Å²) in [4.78, 5) is 24.9. The summed E-state index contributed by atoms with van der Waals surface area (Å²) in [6.07, 6.45) is 1.56. The quantitative estimate of drug-likeness (QED) is 0.812. The molecule has 1 rings (SSSR count). The van der Waals surface area contributed by atoms with Gasteiger partial charge in [-0.25, -0.2) is 0 Å². The Balaban J connectivity index is 2.59. The maximum absolute atomic E-state index is 11.5. The van der Waals surface area contributed by atoms with Gasteiger partial charge in [-0.15, -0.1) is 0 Å². The van der Waals surface area contributed by atoms with Gasteiger partial charge in [-0.1, -0.05) is 15.9 Å². The molecule has 0 unspecified atom stereocenters. The van der Waals surface area contributed by atoms with Crippen LogP contribution in [0.2, 0.25) is 0 Å². The highest BCUT2D eigenvalue weighted by molar-refractivity contribution is 9.10. The Hall–Kier alpha value is -1.10. The molecule has 0 atom stereocenters. The molecule has 0 saturated carbocycles. The van der Waals surface area contributed by atoms with Crippen LogP contribution in [0.4, 0.5) is 0 Å². The first-order valence-electron chi connectivity index (χ1n) is 4.54. The van der Waals surface area contributed by atoms with Gasteiger partial charge in [-0.2, -0.15) is 0 Å². The van der Waals surface area contributed by atoms with Crippen molar-refractivity contribution in [1.82, 2.24) is 10.3 Å². The Morgan fingerprint density at radius 1 is 1.60 bits per heavy atom. The van der Waals surface area contributed by atoms with Crippen LogP contribution in [0.3, 0.4) is 0 Å². The van der Waals surface area contributed by atoms with Gasteiger partial charge in [0, 0.05) is 18.8 Å². The highest BCUT2D eigenvalue weighted by Gasteiger charge is 2.22. The molecule has 2 N–H and O–H groups in total. The predicted molar refractivity (Wildman–Crippen MR) is 61.9 cm³/mol. The van der Waals surface area contributed by atoms with E-state index in [-0.39, 0.29) is 11.5 Å². The summed E-state index contributed by atoms with van der Waals surface area (Å²) in [5, 5.41) is 2.73. The second-order valence-electron chi connectivity index (χ2n) is 3.72. The van der Waals surface area contributed by atoms with Gasteiger partial charge in [0.15, 0.2) is 0 Å². The molecule has 0 aliphatic heterocycles. The van der Waals surface area contributed by atoms with E-state index in [4.69, 9.17) is 0 Å². The summed E-state index contributed by atoms with van der Waals surface area (Å²) in [7, 11) is 0. The number of alkyl halides is 1. The maximum Gasteiger partial charge on any atom is 0.248 e. The van der Waals surface area contributed by atoms with Crippen molar-refractivity contribution in [1.29, 1.82) is 0 Å². The van der Waals surface area contributed by atoms with Gasteiger partial charge in [0.05, 0.1) is 4.32 Å².